The van der Waals surface area contributed by atoms with E-state index in [0.29, 0.717) is 23.6 Å². The Hall–Kier alpha value is -4.11. The van der Waals surface area contributed by atoms with Crippen molar-refractivity contribution in [3.63, 3.8) is 0 Å². The Bertz CT molecular complexity index is 1830. The molecule has 0 radical (unpaired) electrons. The number of allylic oxidation sites excluding steroid dienone is 1. The SMILES string of the molecule is C=C.C=CCCC(CNC(CC)c1ccc(-c2cccc(-c3cccc(-c4ccc5c(n4)OCC5NCC(N)CCC)c3CCC)c2Cl)nc1C=C)NC.CC. The molecule has 8 heteroatoms. The molecular weight excluding hydrogens is 712 g/mol. The third-order valence-corrected chi connectivity index (χ3v) is 10.5. The van der Waals surface area contributed by atoms with Crippen molar-refractivity contribution in [2.45, 2.75) is 104 Å². The number of likely N-dealkylation sites (N-methyl/N-ethyl adjacent to an activating group) is 1. The highest BCUT2D eigenvalue weighted by molar-refractivity contribution is 6.36. The van der Waals surface area contributed by atoms with Crippen LogP contribution >= 0.6 is 11.6 Å². The highest BCUT2D eigenvalue weighted by Crippen LogP contribution is 2.41. The second-order valence-electron chi connectivity index (χ2n) is 13.8. The molecule has 0 bridgehead atoms. The van der Waals surface area contributed by atoms with Gasteiger partial charge in [0.2, 0.25) is 5.88 Å². The van der Waals surface area contributed by atoms with Crippen LogP contribution in [0.5, 0.6) is 5.88 Å². The van der Waals surface area contributed by atoms with E-state index in [0.717, 1.165) is 108 Å². The Kier molecular flexibility index (Phi) is 20.3. The van der Waals surface area contributed by atoms with Crippen molar-refractivity contribution in [1.29, 1.82) is 0 Å². The van der Waals surface area contributed by atoms with Gasteiger partial charge in [-0.3, -0.25) is 0 Å². The molecule has 0 saturated heterocycles. The lowest BCUT2D eigenvalue weighted by Gasteiger charge is -2.23. The van der Waals surface area contributed by atoms with Crippen LogP contribution in [-0.2, 0) is 6.42 Å². The summed E-state index contributed by atoms with van der Waals surface area (Å²) in [5, 5.41) is 11.4. The van der Waals surface area contributed by atoms with Gasteiger partial charge in [-0.1, -0.05) is 114 Å². The van der Waals surface area contributed by atoms with Crippen molar-refractivity contribution in [3.8, 4) is 39.5 Å². The predicted molar refractivity (Wildman–Crippen MR) is 242 cm³/mol. The van der Waals surface area contributed by atoms with Crippen molar-refractivity contribution >= 4 is 17.7 Å². The Morgan fingerprint density at radius 3 is 2.21 bits per heavy atom. The van der Waals surface area contributed by atoms with E-state index in [1.165, 1.54) is 5.56 Å². The molecule has 0 amide bonds. The average Bonchev–Trinajstić information content (AvgIpc) is 3.65. The van der Waals surface area contributed by atoms with Gasteiger partial charge in [-0.15, -0.1) is 19.7 Å². The molecular formula is C48H67ClN6O. The first-order valence-corrected chi connectivity index (χ1v) is 20.9. The van der Waals surface area contributed by atoms with E-state index in [9.17, 15) is 0 Å². The van der Waals surface area contributed by atoms with Gasteiger partial charge in [-0.25, -0.2) is 9.97 Å². The zero-order valence-corrected chi connectivity index (χ0v) is 35.7. The molecule has 7 nitrogen and oxygen atoms in total. The molecule has 4 unspecified atom stereocenters. The van der Waals surface area contributed by atoms with E-state index < -0.39 is 0 Å². The van der Waals surface area contributed by atoms with Crippen LogP contribution in [0, 0.1) is 0 Å². The first-order valence-electron chi connectivity index (χ1n) is 20.6. The van der Waals surface area contributed by atoms with Gasteiger partial charge in [-0.2, -0.15) is 0 Å². The Morgan fingerprint density at radius 2 is 1.55 bits per heavy atom. The molecule has 5 N–H and O–H groups in total. The van der Waals surface area contributed by atoms with Crippen molar-refractivity contribution in [2.24, 2.45) is 5.73 Å². The molecule has 0 spiro atoms. The standard InChI is InChI=1S/C44H57ClN6O.C2H6.C2H4/c1-7-12-17-30(47-6)27-49-38(10-4)35-22-24-41(50-39(35)11-5)36-21-14-20-34(43(36)45)32-18-13-19-33(31(32)16-9-3)40-25-23-37-42(28-52-44(37)51-40)48-26-29(46)15-8-2;2*1-2/h7,11,13-14,18-25,29-30,38,42,47-49H,1,5,8-10,12,15-17,26-28,46H2,2-4,6H3;1-2H3;1-2H2. The van der Waals surface area contributed by atoms with Crippen LogP contribution < -0.4 is 26.4 Å². The quantitative estimate of drug-likeness (QED) is 0.0663. The monoisotopic (exact) mass is 779 g/mol. The largest absolute Gasteiger partial charge is 0.475 e. The van der Waals surface area contributed by atoms with Gasteiger partial charge in [0.15, 0.2) is 0 Å². The fraction of sp³-hybridized carbons (Fsp3) is 0.417. The minimum absolute atomic E-state index is 0.0916. The Morgan fingerprint density at radius 1 is 0.875 bits per heavy atom. The second kappa shape index (κ2) is 24.5. The summed E-state index contributed by atoms with van der Waals surface area (Å²) in [6.07, 6.45) is 10.7. The lowest BCUT2D eigenvalue weighted by Crippen LogP contribution is -2.38. The van der Waals surface area contributed by atoms with E-state index in [-0.39, 0.29) is 18.1 Å². The number of nitrogens with one attached hydrogen (secondary N) is 3. The van der Waals surface area contributed by atoms with Crippen LogP contribution in [0.1, 0.15) is 108 Å². The first-order chi connectivity index (χ1) is 27.4. The van der Waals surface area contributed by atoms with Crippen LogP contribution in [0.2, 0.25) is 5.02 Å². The van der Waals surface area contributed by atoms with Gasteiger partial charge in [0.1, 0.15) is 6.61 Å². The number of rotatable bonds is 20. The van der Waals surface area contributed by atoms with E-state index in [4.69, 9.17) is 32.0 Å². The number of benzene rings is 2. The second-order valence-corrected chi connectivity index (χ2v) is 14.1. The van der Waals surface area contributed by atoms with Crippen molar-refractivity contribution in [3.05, 3.63) is 120 Å². The summed E-state index contributed by atoms with van der Waals surface area (Å²) >= 11 is 7.34. The van der Waals surface area contributed by atoms with E-state index in [2.05, 4.69) is 124 Å². The Labute approximate surface area is 343 Å². The number of nitrogens with two attached hydrogens (primary N) is 1. The minimum Gasteiger partial charge on any atom is -0.475 e. The van der Waals surface area contributed by atoms with Gasteiger partial charge in [-0.05, 0) is 80.1 Å². The molecule has 2 aromatic carbocycles. The highest BCUT2D eigenvalue weighted by atomic mass is 35.5. The van der Waals surface area contributed by atoms with E-state index in [1.807, 2.05) is 33.0 Å². The van der Waals surface area contributed by atoms with Crippen LogP contribution in [0.3, 0.4) is 0 Å². The number of aromatic nitrogens is 2. The molecule has 4 aromatic rings. The maximum atomic E-state index is 7.34. The van der Waals surface area contributed by atoms with Crippen LogP contribution in [0.4, 0.5) is 0 Å². The summed E-state index contributed by atoms with van der Waals surface area (Å²) in [6.45, 7) is 26.7. The maximum Gasteiger partial charge on any atom is 0.218 e. The lowest BCUT2D eigenvalue weighted by molar-refractivity contribution is 0.300. The number of hydrogen-bond acceptors (Lipinski definition) is 7. The maximum absolute atomic E-state index is 7.34. The number of fused-ring (bicyclic) bond motifs is 1. The Balaban J connectivity index is 0.00000204. The number of pyridine rings is 2. The number of ether oxygens (including phenoxy) is 1. The van der Waals surface area contributed by atoms with Crippen molar-refractivity contribution in [1.82, 2.24) is 25.9 Å². The van der Waals surface area contributed by atoms with Gasteiger partial charge >= 0.3 is 0 Å². The fourth-order valence-corrected chi connectivity index (χ4v) is 7.55. The van der Waals surface area contributed by atoms with Crippen molar-refractivity contribution < 1.29 is 4.74 Å². The van der Waals surface area contributed by atoms with E-state index >= 15 is 0 Å². The third kappa shape index (κ3) is 11.7. The molecule has 0 aliphatic carbocycles. The summed E-state index contributed by atoms with van der Waals surface area (Å²) in [5.41, 5.74) is 16.4. The van der Waals surface area contributed by atoms with Crippen LogP contribution in [0.15, 0.2) is 93.1 Å². The molecule has 5 rings (SSSR count). The first kappa shape index (κ1) is 46.3. The molecule has 1 aliphatic rings. The topological polar surface area (TPSA) is 97.1 Å². The fourth-order valence-electron chi connectivity index (χ4n) is 7.23. The summed E-state index contributed by atoms with van der Waals surface area (Å²) < 4.78 is 6.10. The van der Waals surface area contributed by atoms with E-state index in [1.54, 1.807) is 0 Å². The zero-order chi connectivity index (χ0) is 41.0. The normalized spacial score (nSPS) is 14.5. The number of hydrogen-bond donors (Lipinski definition) is 4. The highest BCUT2D eigenvalue weighted by Gasteiger charge is 2.27. The molecule has 2 aromatic heterocycles. The zero-order valence-electron chi connectivity index (χ0n) is 34.9. The minimum atomic E-state index is 0.0916. The van der Waals surface area contributed by atoms with Crippen LogP contribution in [-0.4, -0.2) is 48.8 Å². The molecule has 56 heavy (non-hydrogen) atoms. The summed E-state index contributed by atoms with van der Waals surface area (Å²) in [6, 6.07) is 21.9. The summed E-state index contributed by atoms with van der Waals surface area (Å²) in [5.74, 6) is 0.689. The smallest absolute Gasteiger partial charge is 0.218 e. The number of halogens is 1. The molecule has 0 fully saturated rings. The molecule has 0 saturated carbocycles. The van der Waals surface area contributed by atoms with Gasteiger partial charge < -0.3 is 26.4 Å². The molecule has 1 aliphatic heterocycles. The van der Waals surface area contributed by atoms with Gasteiger partial charge in [0, 0.05) is 53.5 Å². The van der Waals surface area contributed by atoms with Gasteiger partial charge in [0.05, 0.1) is 28.1 Å². The molecule has 302 valence electrons. The average molecular weight is 780 g/mol. The number of nitrogens with zero attached hydrogens (tertiary/aromatic N) is 2. The predicted octanol–water partition coefficient (Wildman–Crippen LogP) is 11.3. The van der Waals surface area contributed by atoms with Crippen LogP contribution in [0.25, 0.3) is 39.7 Å². The summed E-state index contributed by atoms with van der Waals surface area (Å²) in [4.78, 5) is 10.1. The molecule has 3 heterocycles. The summed E-state index contributed by atoms with van der Waals surface area (Å²) in [7, 11) is 2.01. The lowest BCUT2D eigenvalue weighted by atomic mass is 9.89. The third-order valence-electron chi connectivity index (χ3n) is 10.1. The van der Waals surface area contributed by atoms with Gasteiger partial charge in [0.25, 0.3) is 0 Å². The molecule has 4 atom stereocenters. The van der Waals surface area contributed by atoms with Crippen molar-refractivity contribution in [2.75, 3.05) is 26.7 Å².